The van der Waals surface area contributed by atoms with Crippen molar-refractivity contribution in [1.29, 1.82) is 0 Å². The molecule has 0 spiro atoms. The summed E-state index contributed by atoms with van der Waals surface area (Å²) >= 11 is 1.85. The number of carbonyl (C=O) groups excluding carboxylic acids is 1. The second-order valence-corrected chi connectivity index (χ2v) is 4.08. The molecule has 1 N–H and O–H groups in total. The monoisotopic (exact) mass is 188 g/mol. The lowest BCUT2D eigenvalue weighted by molar-refractivity contribution is -0.131. The molecule has 3 nitrogen and oxygen atoms in total. The van der Waals surface area contributed by atoms with E-state index in [1.54, 1.807) is 4.90 Å². The van der Waals surface area contributed by atoms with Crippen molar-refractivity contribution in [3.63, 3.8) is 0 Å². The maximum absolute atomic E-state index is 11.6. The van der Waals surface area contributed by atoms with Gasteiger partial charge in [-0.2, -0.15) is 11.8 Å². The summed E-state index contributed by atoms with van der Waals surface area (Å²) in [5.74, 6) is 2.27. The topological polar surface area (TPSA) is 32.3 Å². The van der Waals surface area contributed by atoms with Gasteiger partial charge < -0.3 is 10.2 Å². The first-order valence-corrected chi connectivity index (χ1v) is 5.47. The van der Waals surface area contributed by atoms with E-state index in [-0.39, 0.29) is 11.9 Å². The number of rotatable bonds is 2. The number of nitrogens with one attached hydrogen (secondary N) is 1. The molecule has 1 amide bonds. The van der Waals surface area contributed by atoms with E-state index in [0.29, 0.717) is 0 Å². The summed E-state index contributed by atoms with van der Waals surface area (Å²) in [4.78, 5) is 13.3. The lowest BCUT2D eigenvalue weighted by Crippen LogP contribution is -2.49. The van der Waals surface area contributed by atoms with Crippen LogP contribution in [-0.2, 0) is 4.79 Å². The van der Waals surface area contributed by atoms with Crippen molar-refractivity contribution in [2.45, 2.75) is 13.0 Å². The first-order valence-electron chi connectivity index (χ1n) is 4.31. The van der Waals surface area contributed by atoms with E-state index < -0.39 is 0 Å². The lowest BCUT2D eigenvalue weighted by atomic mass is 10.3. The highest BCUT2D eigenvalue weighted by Gasteiger charge is 2.22. The highest BCUT2D eigenvalue weighted by Crippen LogP contribution is 2.09. The molecular formula is C8H16N2OS. The van der Waals surface area contributed by atoms with Crippen LogP contribution < -0.4 is 5.32 Å². The molecule has 1 aliphatic rings. The molecule has 0 bridgehead atoms. The van der Waals surface area contributed by atoms with Gasteiger partial charge in [-0.05, 0) is 6.92 Å². The van der Waals surface area contributed by atoms with Gasteiger partial charge in [-0.25, -0.2) is 0 Å². The molecule has 0 aromatic rings. The van der Waals surface area contributed by atoms with E-state index in [1.807, 2.05) is 25.7 Å². The molecule has 1 atom stereocenters. The molecular weight excluding hydrogens is 172 g/mol. The van der Waals surface area contributed by atoms with Crippen LogP contribution >= 0.6 is 11.8 Å². The van der Waals surface area contributed by atoms with Crippen LogP contribution in [0.15, 0.2) is 0 Å². The van der Waals surface area contributed by atoms with E-state index in [0.717, 1.165) is 24.6 Å². The van der Waals surface area contributed by atoms with E-state index in [9.17, 15) is 4.79 Å². The molecule has 1 rings (SSSR count). The third-order valence-electron chi connectivity index (χ3n) is 2.07. The minimum absolute atomic E-state index is 0.0497. The number of carbonyl (C=O) groups is 1. The van der Waals surface area contributed by atoms with Crippen LogP contribution in [0, 0.1) is 0 Å². The first-order chi connectivity index (χ1) is 5.75. The average Bonchev–Trinajstić information content (AvgIpc) is 2.17. The Morgan fingerprint density at radius 1 is 1.75 bits per heavy atom. The van der Waals surface area contributed by atoms with Gasteiger partial charge in [-0.3, -0.25) is 4.79 Å². The fourth-order valence-electron chi connectivity index (χ4n) is 1.15. The maximum Gasteiger partial charge on any atom is 0.240 e. The number of thioether (sulfide) groups is 1. The van der Waals surface area contributed by atoms with Crippen LogP contribution in [0.1, 0.15) is 6.92 Å². The SMILES string of the molecule is CCN(C)C(=O)C1CSCCN1. The van der Waals surface area contributed by atoms with E-state index >= 15 is 0 Å². The molecule has 0 radical (unpaired) electrons. The van der Waals surface area contributed by atoms with Gasteiger partial charge in [0.25, 0.3) is 0 Å². The number of likely N-dealkylation sites (N-methyl/N-ethyl adjacent to an activating group) is 1. The van der Waals surface area contributed by atoms with E-state index in [1.165, 1.54) is 0 Å². The smallest absolute Gasteiger partial charge is 0.240 e. The Bertz CT molecular complexity index is 157. The van der Waals surface area contributed by atoms with Gasteiger partial charge in [0.2, 0.25) is 5.91 Å². The highest BCUT2D eigenvalue weighted by molar-refractivity contribution is 7.99. The van der Waals surface area contributed by atoms with Gasteiger partial charge in [0.1, 0.15) is 0 Å². The zero-order valence-electron chi connectivity index (χ0n) is 7.67. The van der Waals surface area contributed by atoms with Gasteiger partial charge in [-0.15, -0.1) is 0 Å². The zero-order valence-corrected chi connectivity index (χ0v) is 8.49. The van der Waals surface area contributed by atoms with Crippen LogP contribution in [0.2, 0.25) is 0 Å². The van der Waals surface area contributed by atoms with E-state index in [2.05, 4.69) is 5.32 Å². The van der Waals surface area contributed by atoms with Crippen molar-refractivity contribution in [2.75, 3.05) is 31.6 Å². The molecule has 0 aromatic heterocycles. The zero-order chi connectivity index (χ0) is 8.97. The summed E-state index contributed by atoms with van der Waals surface area (Å²) < 4.78 is 0. The fraction of sp³-hybridized carbons (Fsp3) is 0.875. The molecule has 1 unspecified atom stereocenters. The molecule has 0 aromatic carbocycles. The fourth-order valence-corrected chi connectivity index (χ4v) is 2.07. The third kappa shape index (κ3) is 2.38. The Labute approximate surface area is 77.9 Å². The minimum Gasteiger partial charge on any atom is -0.345 e. The summed E-state index contributed by atoms with van der Waals surface area (Å²) in [5.41, 5.74) is 0. The maximum atomic E-state index is 11.6. The standard InChI is InChI=1S/C8H16N2OS/c1-3-10(2)8(11)7-6-12-5-4-9-7/h7,9H,3-6H2,1-2H3. The number of hydrogen-bond donors (Lipinski definition) is 1. The van der Waals surface area contributed by atoms with Gasteiger partial charge in [0.05, 0.1) is 6.04 Å². The van der Waals surface area contributed by atoms with Gasteiger partial charge in [0.15, 0.2) is 0 Å². The van der Waals surface area contributed by atoms with Crippen LogP contribution in [0.3, 0.4) is 0 Å². The van der Waals surface area contributed by atoms with Gasteiger partial charge in [0, 0.05) is 31.6 Å². The predicted octanol–water partition coefficient (Wildman–Crippen LogP) is 0.170. The molecule has 70 valence electrons. The lowest BCUT2D eigenvalue weighted by Gasteiger charge is -2.26. The molecule has 1 heterocycles. The van der Waals surface area contributed by atoms with Crippen molar-refractivity contribution in [2.24, 2.45) is 0 Å². The van der Waals surface area contributed by atoms with Crippen molar-refractivity contribution < 1.29 is 4.79 Å². The Kier molecular flexibility index (Phi) is 3.88. The Hall–Kier alpha value is -0.220. The highest BCUT2D eigenvalue weighted by atomic mass is 32.2. The van der Waals surface area contributed by atoms with Crippen LogP contribution in [0.4, 0.5) is 0 Å². The minimum atomic E-state index is 0.0497. The Balaban J connectivity index is 2.39. The molecule has 4 heteroatoms. The third-order valence-corrected chi connectivity index (χ3v) is 3.13. The Morgan fingerprint density at radius 2 is 2.50 bits per heavy atom. The van der Waals surface area contributed by atoms with E-state index in [4.69, 9.17) is 0 Å². The van der Waals surface area contributed by atoms with Crippen molar-refractivity contribution in [1.82, 2.24) is 10.2 Å². The van der Waals surface area contributed by atoms with Crippen LogP contribution in [0.25, 0.3) is 0 Å². The Morgan fingerprint density at radius 3 is 3.00 bits per heavy atom. The molecule has 1 fully saturated rings. The largest absolute Gasteiger partial charge is 0.345 e. The summed E-state index contributed by atoms with van der Waals surface area (Å²) in [6, 6.07) is 0.0497. The molecule has 0 aliphatic carbocycles. The quantitative estimate of drug-likeness (QED) is 0.670. The van der Waals surface area contributed by atoms with Crippen molar-refractivity contribution >= 4 is 17.7 Å². The number of hydrogen-bond acceptors (Lipinski definition) is 3. The number of amides is 1. The van der Waals surface area contributed by atoms with Crippen LogP contribution in [0.5, 0.6) is 0 Å². The summed E-state index contributed by atoms with van der Waals surface area (Å²) in [7, 11) is 1.85. The molecule has 1 saturated heterocycles. The summed E-state index contributed by atoms with van der Waals surface area (Å²) in [6.07, 6.45) is 0. The molecule has 1 aliphatic heterocycles. The summed E-state index contributed by atoms with van der Waals surface area (Å²) in [5, 5.41) is 3.22. The average molecular weight is 188 g/mol. The molecule has 0 saturated carbocycles. The van der Waals surface area contributed by atoms with Gasteiger partial charge >= 0.3 is 0 Å². The predicted molar refractivity (Wildman–Crippen MR) is 52.4 cm³/mol. The van der Waals surface area contributed by atoms with Crippen molar-refractivity contribution in [3.05, 3.63) is 0 Å². The number of nitrogens with zero attached hydrogens (tertiary/aromatic N) is 1. The first kappa shape index (κ1) is 9.86. The van der Waals surface area contributed by atoms with Crippen LogP contribution in [-0.4, -0.2) is 48.5 Å². The normalized spacial score (nSPS) is 23.7. The molecule has 12 heavy (non-hydrogen) atoms. The van der Waals surface area contributed by atoms with Crippen molar-refractivity contribution in [3.8, 4) is 0 Å². The van der Waals surface area contributed by atoms with Gasteiger partial charge in [-0.1, -0.05) is 0 Å². The second-order valence-electron chi connectivity index (χ2n) is 2.93. The second kappa shape index (κ2) is 4.72. The summed E-state index contributed by atoms with van der Waals surface area (Å²) in [6.45, 7) is 3.74.